The summed E-state index contributed by atoms with van der Waals surface area (Å²) in [5.74, 6) is -0.171. The maximum Gasteiger partial charge on any atom is 0.251 e. The van der Waals surface area contributed by atoms with Crippen molar-refractivity contribution in [2.75, 3.05) is 18.4 Å². The highest BCUT2D eigenvalue weighted by Crippen LogP contribution is 2.22. The highest BCUT2D eigenvalue weighted by atomic mass is 35.5. The highest BCUT2D eigenvalue weighted by Gasteiger charge is 2.13. The molecule has 1 aromatic carbocycles. The first-order valence-corrected chi connectivity index (χ1v) is 7.00. The number of fused-ring (bicyclic) bond motifs is 1. The molecule has 3 N–H and O–H groups in total. The first-order chi connectivity index (χ1) is 9.56. The highest BCUT2D eigenvalue weighted by molar-refractivity contribution is 5.95. The van der Waals surface area contributed by atoms with Gasteiger partial charge >= 0.3 is 0 Å². The maximum absolute atomic E-state index is 12.0. The molecule has 0 aliphatic carbocycles. The molecular weight excluding hydrogens is 290 g/mol. The Bertz CT molecular complexity index is 518. The fraction of sp³-hybridized carbons (Fsp3) is 0.467. The van der Waals surface area contributed by atoms with Gasteiger partial charge in [0, 0.05) is 36.8 Å². The molecule has 0 saturated carbocycles. The van der Waals surface area contributed by atoms with Crippen LogP contribution in [0.5, 0.6) is 0 Å². The summed E-state index contributed by atoms with van der Waals surface area (Å²) in [7, 11) is 0. The number of carbonyl (C=O) groups is 2. The molecule has 21 heavy (non-hydrogen) atoms. The van der Waals surface area contributed by atoms with Gasteiger partial charge in [0.25, 0.3) is 5.91 Å². The Morgan fingerprint density at radius 1 is 1.33 bits per heavy atom. The van der Waals surface area contributed by atoms with Gasteiger partial charge < -0.3 is 16.0 Å². The number of amides is 2. The summed E-state index contributed by atoms with van der Waals surface area (Å²) in [6.07, 6.45) is 1.25. The quantitative estimate of drug-likeness (QED) is 0.775. The zero-order valence-electron chi connectivity index (χ0n) is 12.4. The fourth-order valence-electron chi connectivity index (χ4n) is 2.23. The number of halogens is 1. The number of hydrogen-bond acceptors (Lipinski definition) is 3. The molecule has 0 spiro atoms. The van der Waals surface area contributed by atoms with Gasteiger partial charge in [-0.2, -0.15) is 0 Å². The van der Waals surface area contributed by atoms with Crippen LogP contribution in [0.1, 0.15) is 36.2 Å². The number of anilines is 1. The molecule has 1 aromatic rings. The van der Waals surface area contributed by atoms with Crippen molar-refractivity contribution in [1.82, 2.24) is 10.6 Å². The molecule has 0 aromatic heterocycles. The van der Waals surface area contributed by atoms with Gasteiger partial charge in [-0.25, -0.2) is 0 Å². The van der Waals surface area contributed by atoms with Crippen LogP contribution in [-0.2, 0) is 11.2 Å². The zero-order chi connectivity index (χ0) is 14.5. The van der Waals surface area contributed by atoms with Gasteiger partial charge in [-0.15, -0.1) is 12.4 Å². The standard InChI is InChI=1S/C15H21N3O2.ClH/c1-10(2)18-14(19)6-8-17-15(20)12-3-4-13-11(9-12)5-7-16-13;/h3-4,9-10,16H,5-8H2,1-2H3,(H,17,20)(H,18,19);1H. The van der Waals surface area contributed by atoms with E-state index in [0.29, 0.717) is 18.5 Å². The van der Waals surface area contributed by atoms with E-state index in [1.165, 1.54) is 5.56 Å². The van der Waals surface area contributed by atoms with Gasteiger partial charge in [0.2, 0.25) is 5.91 Å². The summed E-state index contributed by atoms with van der Waals surface area (Å²) in [5, 5.41) is 8.82. The molecule has 0 bridgehead atoms. The molecule has 1 aliphatic heterocycles. The molecule has 116 valence electrons. The summed E-state index contributed by atoms with van der Waals surface area (Å²) in [6, 6.07) is 5.78. The summed E-state index contributed by atoms with van der Waals surface area (Å²) in [5.41, 5.74) is 2.93. The number of hydrogen-bond donors (Lipinski definition) is 3. The zero-order valence-corrected chi connectivity index (χ0v) is 13.2. The molecular formula is C15H22ClN3O2. The van der Waals surface area contributed by atoms with Crippen molar-refractivity contribution in [2.45, 2.75) is 32.7 Å². The van der Waals surface area contributed by atoms with Crippen molar-refractivity contribution >= 4 is 29.9 Å². The predicted octanol–water partition coefficient (Wildman–Crippen LogP) is 1.72. The SMILES string of the molecule is CC(C)NC(=O)CCNC(=O)c1ccc2c(c1)CCN2.Cl. The fourth-order valence-corrected chi connectivity index (χ4v) is 2.23. The van der Waals surface area contributed by atoms with E-state index in [-0.39, 0.29) is 30.3 Å². The lowest BCUT2D eigenvalue weighted by Crippen LogP contribution is -2.34. The maximum atomic E-state index is 12.0. The van der Waals surface area contributed by atoms with Crippen molar-refractivity contribution in [3.63, 3.8) is 0 Å². The monoisotopic (exact) mass is 311 g/mol. The Balaban J connectivity index is 0.00000220. The average molecular weight is 312 g/mol. The number of nitrogens with one attached hydrogen (secondary N) is 3. The molecule has 1 aliphatic rings. The average Bonchev–Trinajstić information content (AvgIpc) is 2.84. The van der Waals surface area contributed by atoms with E-state index in [2.05, 4.69) is 16.0 Å². The van der Waals surface area contributed by atoms with Gasteiger partial charge in [0.15, 0.2) is 0 Å². The largest absolute Gasteiger partial charge is 0.384 e. The van der Waals surface area contributed by atoms with E-state index in [4.69, 9.17) is 0 Å². The normalized spacial score (nSPS) is 12.1. The van der Waals surface area contributed by atoms with Gasteiger partial charge in [0.1, 0.15) is 0 Å². The van der Waals surface area contributed by atoms with Crippen LogP contribution < -0.4 is 16.0 Å². The third kappa shape index (κ3) is 4.93. The van der Waals surface area contributed by atoms with Crippen LogP contribution in [0.2, 0.25) is 0 Å². The van der Waals surface area contributed by atoms with Crippen molar-refractivity contribution in [2.24, 2.45) is 0 Å². The Morgan fingerprint density at radius 3 is 2.81 bits per heavy atom. The minimum Gasteiger partial charge on any atom is -0.384 e. The molecule has 5 nitrogen and oxygen atoms in total. The lowest BCUT2D eigenvalue weighted by molar-refractivity contribution is -0.121. The van der Waals surface area contributed by atoms with E-state index in [9.17, 15) is 9.59 Å². The Hall–Kier alpha value is -1.75. The van der Waals surface area contributed by atoms with Crippen LogP contribution in [0.15, 0.2) is 18.2 Å². The van der Waals surface area contributed by atoms with Crippen molar-refractivity contribution in [3.8, 4) is 0 Å². The van der Waals surface area contributed by atoms with Crippen LogP contribution in [-0.4, -0.2) is 30.9 Å². The summed E-state index contributed by atoms with van der Waals surface area (Å²) in [4.78, 5) is 23.4. The lowest BCUT2D eigenvalue weighted by atomic mass is 10.1. The molecule has 2 amide bonds. The lowest BCUT2D eigenvalue weighted by Gasteiger charge is -2.09. The third-order valence-electron chi connectivity index (χ3n) is 3.16. The van der Waals surface area contributed by atoms with Gasteiger partial charge in [-0.05, 0) is 44.0 Å². The van der Waals surface area contributed by atoms with Crippen LogP contribution >= 0.6 is 12.4 Å². The van der Waals surface area contributed by atoms with Crippen molar-refractivity contribution in [1.29, 1.82) is 0 Å². The molecule has 2 rings (SSSR count). The molecule has 0 radical (unpaired) electrons. The van der Waals surface area contributed by atoms with Crippen molar-refractivity contribution < 1.29 is 9.59 Å². The second kappa shape index (κ2) is 7.88. The molecule has 0 fully saturated rings. The number of carbonyl (C=O) groups excluding carboxylic acids is 2. The third-order valence-corrected chi connectivity index (χ3v) is 3.16. The summed E-state index contributed by atoms with van der Waals surface area (Å²) in [6.45, 7) is 5.10. The molecule has 6 heteroatoms. The minimum absolute atomic E-state index is 0. The van der Waals surface area contributed by atoms with Gasteiger partial charge in [-0.3, -0.25) is 9.59 Å². The summed E-state index contributed by atoms with van der Waals surface area (Å²) >= 11 is 0. The van der Waals surface area contributed by atoms with Crippen LogP contribution in [0.3, 0.4) is 0 Å². The Labute approximate surface area is 131 Å². The second-order valence-corrected chi connectivity index (χ2v) is 5.28. The first-order valence-electron chi connectivity index (χ1n) is 7.00. The minimum atomic E-state index is -0.128. The van der Waals surface area contributed by atoms with Gasteiger partial charge in [-0.1, -0.05) is 0 Å². The first kappa shape index (κ1) is 17.3. The topological polar surface area (TPSA) is 70.2 Å². The van der Waals surface area contributed by atoms with E-state index >= 15 is 0 Å². The van der Waals surface area contributed by atoms with Crippen LogP contribution in [0.25, 0.3) is 0 Å². The van der Waals surface area contributed by atoms with E-state index < -0.39 is 0 Å². The number of benzene rings is 1. The van der Waals surface area contributed by atoms with Crippen LogP contribution in [0, 0.1) is 0 Å². The number of rotatable bonds is 5. The Kier molecular flexibility index (Phi) is 6.49. The van der Waals surface area contributed by atoms with E-state index in [1.807, 2.05) is 26.0 Å². The van der Waals surface area contributed by atoms with Crippen LogP contribution in [0.4, 0.5) is 5.69 Å². The van der Waals surface area contributed by atoms with Crippen molar-refractivity contribution in [3.05, 3.63) is 29.3 Å². The van der Waals surface area contributed by atoms with E-state index in [1.54, 1.807) is 6.07 Å². The molecule has 0 atom stereocenters. The Morgan fingerprint density at radius 2 is 2.10 bits per heavy atom. The molecule has 1 heterocycles. The molecule has 0 saturated heterocycles. The van der Waals surface area contributed by atoms with E-state index in [0.717, 1.165) is 18.7 Å². The predicted molar refractivity (Wildman–Crippen MR) is 86.1 cm³/mol. The smallest absolute Gasteiger partial charge is 0.251 e. The second-order valence-electron chi connectivity index (χ2n) is 5.28. The molecule has 0 unspecified atom stereocenters. The summed E-state index contributed by atoms with van der Waals surface area (Å²) < 4.78 is 0. The van der Waals surface area contributed by atoms with Gasteiger partial charge in [0.05, 0.1) is 0 Å².